The van der Waals surface area contributed by atoms with Crippen molar-refractivity contribution in [1.29, 1.82) is 0 Å². The fraction of sp³-hybridized carbons (Fsp3) is 0.550. The second-order valence-electron chi connectivity index (χ2n) is 7.96. The summed E-state index contributed by atoms with van der Waals surface area (Å²) in [6.07, 6.45) is 4.91. The maximum Gasteiger partial charge on any atom is 0.299 e. The van der Waals surface area contributed by atoms with Crippen molar-refractivity contribution < 1.29 is 13.7 Å². The maximum absolute atomic E-state index is 12.4. The minimum atomic E-state index is -0.0142. The van der Waals surface area contributed by atoms with Gasteiger partial charge in [-0.15, -0.1) is 0 Å². The summed E-state index contributed by atoms with van der Waals surface area (Å²) in [7, 11) is 0. The van der Waals surface area contributed by atoms with Crippen LogP contribution < -0.4 is 10.2 Å². The number of nitrogens with one attached hydrogen (secondary N) is 1. The Morgan fingerprint density at radius 3 is 3.10 bits per heavy atom. The van der Waals surface area contributed by atoms with E-state index >= 15 is 0 Å². The molecule has 4 heterocycles. The van der Waals surface area contributed by atoms with E-state index in [0.717, 1.165) is 32.4 Å². The van der Waals surface area contributed by atoms with Gasteiger partial charge in [-0.05, 0) is 36.8 Å². The number of oxazole rings is 1. The number of amides is 1. The average Bonchev–Trinajstić information content (AvgIpc) is 3.33. The number of nitrogens with zero attached hydrogens (tertiary/aromatic N) is 5. The van der Waals surface area contributed by atoms with Gasteiger partial charge in [0.25, 0.3) is 6.01 Å². The molecule has 0 bridgehead atoms. The van der Waals surface area contributed by atoms with E-state index in [1.807, 2.05) is 12.1 Å². The first kappa shape index (κ1) is 19.4. The number of anilines is 1. The molecule has 154 valence electrons. The van der Waals surface area contributed by atoms with Crippen LogP contribution in [0.3, 0.4) is 0 Å². The second kappa shape index (κ2) is 8.59. The molecule has 1 saturated heterocycles. The third kappa shape index (κ3) is 4.90. The molecule has 1 amide bonds. The summed E-state index contributed by atoms with van der Waals surface area (Å²) in [4.78, 5) is 27.5. The second-order valence-corrected chi connectivity index (χ2v) is 7.96. The molecular formula is C20H26N6O3. The van der Waals surface area contributed by atoms with Crippen LogP contribution in [0.15, 0.2) is 27.3 Å². The molecule has 1 aliphatic rings. The largest absolute Gasteiger partial charge is 0.422 e. The summed E-state index contributed by atoms with van der Waals surface area (Å²) >= 11 is 0. The van der Waals surface area contributed by atoms with E-state index < -0.39 is 0 Å². The lowest BCUT2D eigenvalue weighted by atomic mass is 9.95. The molecule has 9 heteroatoms. The van der Waals surface area contributed by atoms with Gasteiger partial charge in [0.1, 0.15) is 0 Å². The van der Waals surface area contributed by atoms with Crippen LogP contribution in [0.1, 0.15) is 44.8 Å². The molecular weight excluding hydrogens is 372 g/mol. The quantitative estimate of drug-likeness (QED) is 0.647. The molecule has 1 atom stereocenters. The van der Waals surface area contributed by atoms with Crippen LogP contribution in [-0.4, -0.2) is 39.1 Å². The lowest BCUT2D eigenvalue weighted by Gasteiger charge is -2.31. The van der Waals surface area contributed by atoms with Crippen LogP contribution >= 0.6 is 0 Å². The highest BCUT2D eigenvalue weighted by molar-refractivity contribution is 5.76. The molecule has 1 unspecified atom stereocenters. The molecule has 4 rings (SSSR count). The van der Waals surface area contributed by atoms with E-state index in [1.165, 1.54) is 0 Å². The summed E-state index contributed by atoms with van der Waals surface area (Å²) < 4.78 is 11.0. The SMILES string of the molecule is CC(C)Cc1noc(CNC(=O)CC2CCCN(c3nc4ncccc4o3)C2)n1. The van der Waals surface area contributed by atoms with Crippen LogP contribution in [0.4, 0.5) is 6.01 Å². The predicted octanol–water partition coefficient (Wildman–Crippen LogP) is 2.73. The first-order valence-electron chi connectivity index (χ1n) is 10.1. The lowest BCUT2D eigenvalue weighted by Crippen LogP contribution is -2.38. The number of pyridine rings is 1. The molecule has 3 aromatic heterocycles. The Morgan fingerprint density at radius 1 is 1.38 bits per heavy atom. The zero-order chi connectivity index (χ0) is 20.2. The zero-order valence-electron chi connectivity index (χ0n) is 16.8. The monoisotopic (exact) mass is 398 g/mol. The van der Waals surface area contributed by atoms with Crippen LogP contribution in [0.25, 0.3) is 11.2 Å². The summed E-state index contributed by atoms with van der Waals surface area (Å²) in [6.45, 7) is 6.06. The Morgan fingerprint density at radius 2 is 2.28 bits per heavy atom. The van der Waals surface area contributed by atoms with Crippen LogP contribution in [0.2, 0.25) is 0 Å². The topological polar surface area (TPSA) is 110 Å². The molecule has 29 heavy (non-hydrogen) atoms. The van der Waals surface area contributed by atoms with Crippen molar-refractivity contribution in [2.24, 2.45) is 11.8 Å². The molecule has 0 aliphatic carbocycles. The maximum atomic E-state index is 12.4. The van der Waals surface area contributed by atoms with Crippen LogP contribution in [0, 0.1) is 11.8 Å². The van der Waals surface area contributed by atoms with Crippen molar-refractivity contribution in [2.75, 3.05) is 18.0 Å². The highest BCUT2D eigenvalue weighted by Crippen LogP contribution is 2.26. The summed E-state index contributed by atoms with van der Waals surface area (Å²) in [6, 6.07) is 4.26. The van der Waals surface area contributed by atoms with E-state index in [4.69, 9.17) is 8.94 Å². The van der Waals surface area contributed by atoms with E-state index in [0.29, 0.717) is 41.3 Å². The van der Waals surface area contributed by atoms with Crippen molar-refractivity contribution >= 4 is 23.2 Å². The highest BCUT2D eigenvalue weighted by Gasteiger charge is 2.25. The Hall–Kier alpha value is -2.97. The minimum Gasteiger partial charge on any atom is -0.422 e. The molecule has 0 aromatic carbocycles. The van der Waals surface area contributed by atoms with Gasteiger partial charge in [-0.25, -0.2) is 4.98 Å². The van der Waals surface area contributed by atoms with Crippen molar-refractivity contribution in [3.63, 3.8) is 0 Å². The lowest BCUT2D eigenvalue weighted by molar-refractivity contribution is -0.122. The smallest absolute Gasteiger partial charge is 0.299 e. The molecule has 0 spiro atoms. The molecule has 9 nitrogen and oxygen atoms in total. The summed E-state index contributed by atoms with van der Waals surface area (Å²) in [5.41, 5.74) is 1.29. The molecule has 1 N–H and O–H groups in total. The summed E-state index contributed by atoms with van der Waals surface area (Å²) in [5.74, 6) is 1.81. The van der Waals surface area contributed by atoms with Crippen molar-refractivity contribution in [3.8, 4) is 0 Å². The number of hydrogen-bond acceptors (Lipinski definition) is 8. The van der Waals surface area contributed by atoms with Gasteiger partial charge < -0.3 is 19.2 Å². The van der Waals surface area contributed by atoms with Gasteiger partial charge in [-0.3, -0.25) is 4.79 Å². The third-order valence-corrected chi connectivity index (χ3v) is 4.95. The van der Waals surface area contributed by atoms with Crippen LogP contribution in [-0.2, 0) is 17.8 Å². The minimum absolute atomic E-state index is 0.0142. The number of carbonyl (C=O) groups excluding carboxylic acids is 1. The summed E-state index contributed by atoms with van der Waals surface area (Å²) in [5, 5.41) is 6.83. The van der Waals surface area contributed by atoms with Gasteiger partial charge in [0.05, 0.1) is 6.54 Å². The molecule has 0 radical (unpaired) electrons. The van der Waals surface area contributed by atoms with E-state index in [-0.39, 0.29) is 18.4 Å². The van der Waals surface area contributed by atoms with Gasteiger partial charge in [-0.2, -0.15) is 9.97 Å². The van der Waals surface area contributed by atoms with Crippen molar-refractivity contribution in [3.05, 3.63) is 30.0 Å². The highest BCUT2D eigenvalue weighted by atomic mass is 16.5. The van der Waals surface area contributed by atoms with Gasteiger partial charge >= 0.3 is 0 Å². The first-order chi connectivity index (χ1) is 14.1. The number of carbonyl (C=O) groups is 1. The van der Waals surface area contributed by atoms with Crippen LogP contribution in [0.5, 0.6) is 0 Å². The zero-order valence-corrected chi connectivity index (χ0v) is 16.8. The number of fused-ring (bicyclic) bond motifs is 1. The van der Waals surface area contributed by atoms with E-state index in [1.54, 1.807) is 6.20 Å². The normalized spacial score (nSPS) is 17.2. The Labute approximate surface area is 168 Å². The fourth-order valence-electron chi connectivity index (χ4n) is 3.62. The first-order valence-corrected chi connectivity index (χ1v) is 10.1. The number of rotatable bonds is 7. The van der Waals surface area contributed by atoms with Gasteiger partial charge in [0.15, 0.2) is 11.4 Å². The number of hydrogen-bond donors (Lipinski definition) is 1. The van der Waals surface area contributed by atoms with E-state index in [2.05, 4.69) is 44.2 Å². The average molecular weight is 398 g/mol. The number of aromatic nitrogens is 4. The van der Waals surface area contributed by atoms with Crippen molar-refractivity contribution in [1.82, 2.24) is 25.4 Å². The van der Waals surface area contributed by atoms with Crippen molar-refractivity contribution in [2.45, 2.75) is 46.1 Å². The molecule has 1 fully saturated rings. The van der Waals surface area contributed by atoms with Gasteiger partial charge in [-0.1, -0.05) is 19.0 Å². The standard InChI is InChI=1S/C20H26N6O3/c1-13(2)9-16-23-18(29-25-16)11-22-17(27)10-14-5-4-8-26(12-14)20-24-19-15(28-20)6-3-7-21-19/h3,6-7,13-14H,4-5,8-12H2,1-2H3,(H,22,27). The molecule has 0 saturated carbocycles. The third-order valence-electron chi connectivity index (χ3n) is 4.95. The Bertz CT molecular complexity index is 933. The fourth-order valence-corrected chi connectivity index (χ4v) is 3.62. The molecule has 3 aromatic rings. The predicted molar refractivity (Wildman–Crippen MR) is 106 cm³/mol. The number of piperidine rings is 1. The van der Waals surface area contributed by atoms with Gasteiger partial charge in [0, 0.05) is 32.1 Å². The Balaban J connectivity index is 1.28. The Kier molecular flexibility index (Phi) is 5.73. The van der Waals surface area contributed by atoms with E-state index in [9.17, 15) is 4.79 Å². The molecule has 1 aliphatic heterocycles. The van der Waals surface area contributed by atoms with Gasteiger partial charge in [0.2, 0.25) is 17.4 Å².